The highest BCUT2D eigenvalue weighted by molar-refractivity contribution is 7.92. The molecule has 26 heavy (non-hydrogen) atoms. The summed E-state index contributed by atoms with van der Waals surface area (Å²) in [5, 5.41) is 20.4. The summed E-state index contributed by atoms with van der Waals surface area (Å²) in [6, 6.07) is 12.1. The van der Waals surface area contributed by atoms with E-state index >= 15 is 0 Å². The lowest BCUT2D eigenvalue weighted by Crippen LogP contribution is -2.14. The molecular formula is C16H11N3O6S. The Labute approximate surface area is 147 Å². The molecule has 0 unspecified atom stereocenters. The van der Waals surface area contributed by atoms with Gasteiger partial charge in [-0.15, -0.1) is 0 Å². The maximum atomic E-state index is 12.6. The van der Waals surface area contributed by atoms with Gasteiger partial charge < -0.3 is 5.11 Å². The molecule has 3 aromatic rings. The number of nitro groups is 1. The van der Waals surface area contributed by atoms with Gasteiger partial charge in [0.25, 0.3) is 15.7 Å². The summed E-state index contributed by atoms with van der Waals surface area (Å²) in [5.74, 6) is -1.25. The zero-order chi connectivity index (χ0) is 18.9. The number of nitrogens with zero attached hydrogens (tertiary/aromatic N) is 2. The molecule has 1 heterocycles. The van der Waals surface area contributed by atoms with Crippen molar-refractivity contribution in [2.45, 2.75) is 4.90 Å². The van der Waals surface area contributed by atoms with Crippen LogP contribution in [0.4, 0.5) is 11.4 Å². The number of hydrogen-bond acceptors (Lipinski definition) is 6. The zero-order valence-electron chi connectivity index (χ0n) is 13.0. The second-order valence-corrected chi connectivity index (χ2v) is 6.92. The van der Waals surface area contributed by atoms with Crippen molar-refractivity contribution in [3.05, 3.63) is 70.4 Å². The summed E-state index contributed by atoms with van der Waals surface area (Å²) in [5.41, 5.74) is -0.380. The number of aromatic carboxylic acids is 1. The Hall–Kier alpha value is -3.53. The summed E-state index contributed by atoms with van der Waals surface area (Å²) >= 11 is 0. The largest absolute Gasteiger partial charge is 0.477 e. The highest BCUT2D eigenvalue weighted by atomic mass is 32.2. The quantitative estimate of drug-likeness (QED) is 0.517. The number of non-ortho nitro benzene ring substituents is 1. The average Bonchev–Trinajstić information content (AvgIpc) is 2.61. The third-order valence-electron chi connectivity index (χ3n) is 3.52. The van der Waals surface area contributed by atoms with Gasteiger partial charge in [0.1, 0.15) is 5.69 Å². The zero-order valence-corrected chi connectivity index (χ0v) is 13.8. The second-order valence-electron chi connectivity index (χ2n) is 5.24. The molecular weight excluding hydrogens is 362 g/mol. The molecule has 0 radical (unpaired) electrons. The fourth-order valence-corrected chi connectivity index (χ4v) is 3.42. The van der Waals surface area contributed by atoms with Gasteiger partial charge in [0.2, 0.25) is 0 Å². The van der Waals surface area contributed by atoms with E-state index in [-0.39, 0.29) is 27.5 Å². The van der Waals surface area contributed by atoms with Gasteiger partial charge in [-0.3, -0.25) is 14.8 Å². The molecule has 132 valence electrons. The van der Waals surface area contributed by atoms with Crippen LogP contribution in [0, 0.1) is 10.1 Å². The van der Waals surface area contributed by atoms with Crippen molar-refractivity contribution in [1.82, 2.24) is 4.98 Å². The number of fused-ring (bicyclic) bond motifs is 1. The number of carbonyl (C=O) groups is 1. The van der Waals surface area contributed by atoms with Gasteiger partial charge in [-0.1, -0.05) is 24.3 Å². The second kappa shape index (κ2) is 6.41. The van der Waals surface area contributed by atoms with Crippen molar-refractivity contribution >= 4 is 38.3 Å². The summed E-state index contributed by atoms with van der Waals surface area (Å²) in [7, 11) is -4.14. The molecule has 0 amide bonds. The molecule has 0 aliphatic rings. The van der Waals surface area contributed by atoms with E-state index < -0.39 is 20.9 Å². The normalized spacial score (nSPS) is 11.2. The first-order chi connectivity index (χ1) is 12.3. The number of carboxylic acids is 1. The van der Waals surface area contributed by atoms with Gasteiger partial charge >= 0.3 is 5.97 Å². The molecule has 1 aromatic heterocycles. The molecule has 2 aromatic carbocycles. The first-order valence-electron chi connectivity index (χ1n) is 7.18. The lowest BCUT2D eigenvalue weighted by Gasteiger charge is -2.10. The molecule has 2 N–H and O–H groups in total. The number of anilines is 1. The van der Waals surface area contributed by atoms with Crippen LogP contribution in [0.3, 0.4) is 0 Å². The molecule has 0 saturated heterocycles. The Balaban J connectivity index is 2.07. The Kier molecular flexibility index (Phi) is 4.26. The van der Waals surface area contributed by atoms with Crippen LogP contribution in [0.1, 0.15) is 10.5 Å². The monoisotopic (exact) mass is 373 g/mol. The van der Waals surface area contributed by atoms with Crippen LogP contribution in [0.5, 0.6) is 0 Å². The molecule has 9 nitrogen and oxygen atoms in total. The van der Waals surface area contributed by atoms with E-state index in [0.29, 0.717) is 5.39 Å². The predicted octanol–water partition coefficient (Wildman–Crippen LogP) is 2.64. The van der Waals surface area contributed by atoms with Crippen molar-refractivity contribution in [2.75, 3.05) is 4.72 Å². The minimum Gasteiger partial charge on any atom is -0.477 e. The summed E-state index contributed by atoms with van der Waals surface area (Å²) < 4.78 is 27.4. The first kappa shape index (κ1) is 17.3. The molecule has 0 aliphatic carbocycles. The Bertz CT molecular complexity index is 1140. The number of rotatable bonds is 5. The summed E-state index contributed by atoms with van der Waals surface area (Å²) in [4.78, 5) is 24.9. The topological polar surface area (TPSA) is 140 Å². The number of benzene rings is 2. The Morgan fingerprint density at radius 3 is 2.54 bits per heavy atom. The van der Waals surface area contributed by atoms with E-state index in [1.165, 1.54) is 36.4 Å². The SMILES string of the molecule is O=C(O)c1ccc2cccc(NS(=O)(=O)c3cccc([N+](=O)[O-])c3)c2n1. The minimum absolute atomic E-state index is 0.0668. The number of sulfonamides is 1. The number of nitro benzene ring substituents is 1. The van der Waals surface area contributed by atoms with E-state index in [0.717, 1.165) is 6.07 Å². The summed E-state index contributed by atoms with van der Waals surface area (Å²) in [6.45, 7) is 0. The maximum absolute atomic E-state index is 12.6. The molecule has 0 atom stereocenters. The summed E-state index contributed by atoms with van der Waals surface area (Å²) in [6.07, 6.45) is 0. The third-order valence-corrected chi connectivity index (χ3v) is 4.89. The minimum atomic E-state index is -4.14. The number of hydrogen-bond donors (Lipinski definition) is 2. The van der Waals surface area contributed by atoms with Crippen molar-refractivity contribution in [1.29, 1.82) is 0 Å². The fourth-order valence-electron chi connectivity index (χ4n) is 2.32. The molecule has 0 fully saturated rings. The molecule has 10 heteroatoms. The van der Waals surface area contributed by atoms with Gasteiger partial charge in [0, 0.05) is 17.5 Å². The van der Waals surface area contributed by atoms with E-state index in [1.807, 2.05) is 0 Å². The van der Waals surface area contributed by atoms with Gasteiger partial charge in [-0.2, -0.15) is 0 Å². The standard InChI is InChI=1S/C16H11N3O6S/c20-16(21)14-8-7-10-3-1-6-13(15(10)17-14)18-26(24,25)12-5-2-4-11(9-12)19(22)23/h1-9,18H,(H,20,21). The Morgan fingerprint density at radius 1 is 1.12 bits per heavy atom. The predicted molar refractivity (Wildman–Crippen MR) is 92.6 cm³/mol. The lowest BCUT2D eigenvalue weighted by atomic mass is 10.2. The molecule has 0 bridgehead atoms. The first-order valence-corrected chi connectivity index (χ1v) is 8.66. The highest BCUT2D eigenvalue weighted by Crippen LogP contribution is 2.26. The van der Waals surface area contributed by atoms with E-state index in [9.17, 15) is 23.3 Å². The number of aromatic nitrogens is 1. The number of nitrogens with one attached hydrogen (secondary N) is 1. The number of pyridine rings is 1. The van der Waals surface area contributed by atoms with Crippen LogP contribution in [-0.4, -0.2) is 29.4 Å². The van der Waals surface area contributed by atoms with E-state index in [2.05, 4.69) is 9.71 Å². The number of carboxylic acid groups (broad SMARTS) is 1. The van der Waals surface area contributed by atoms with Crippen LogP contribution < -0.4 is 4.72 Å². The molecule has 0 spiro atoms. The van der Waals surface area contributed by atoms with Crippen LogP contribution in [0.15, 0.2) is 59.5 Å². The highest BCUT2D eigenvalue weighted by Gasteiger charge is 2.19. The van der Waals surface area contributed by atoms with Crippen LogP contribution in [0.2, 0.25) is 0 Å². The maximum Gasteiger partial charge on any atom is 0.354 e. The fraction of sp³-hybridized carbons (Fsp3) is 0. The van der Waals surface area contributed by atoms with Crippen molar-refractivity contribution in [3.63, 3.8) is 0 Å². The van der Waals surface area contributed by atoms with Gasteiger partial charge in [-0.05, 0) is 18.2 Å². The van der Waals surface area contributed by atoms with Gasteiger partial charge in [0.05, 0.1) is 21.0 Å². The van der Waals surface area contributed by atoms with Gasteiger partial charge in [-0.25, -0.2) is 18.2 Å². The van der Waals surface area contributed by atoms with Gasteiger partial charge in [0.15, 0.2) is 0 Å². The van der Waals surface area contributed by atoms with Crippen molar-refractivity contribution < 1.29 is 23.2 Å². The van der Waals surface area contributed by atoms with E-state index in [4.69, 9.17) is 5.11 Å². The third kappa shape index (κ3) is 3.30. The molecule has 0 saturated carbocycles. The number of para-hydroxylation sites is 1. The molecule has 3 rings (SSSR count). The van der Waals surface area contributed by atoms with Crippen molar-refractivity contribution in [3.8, 4) is 0 Å². The smallest absolute Gasteiger partial charge is 0.354 e. The van der Waals surface area contributed by atoms with Crippen LogP contribution >= 0.6 is 0 Å². The van der Waals surface area contributed by atoms with Crippen molar-refractivity contribution in [2.24, 2.45) is 0 Å². The van der Waals surface area contributed by atoms with E-state index in [1.54, 1.807) is 12.1 Å². The van der Waals surface area contributed by atoms with Crippen LogP contribution in [-0.2, 0) is 10.0 Å². The Morgan fingerprint density at radius 2 is 1.85 bits per heavy atom. The molecule has 0 aliphatic heterocycles. The lowest BCUT2D eigenvalue weighted by molar-refractivity contribution is -0.385. The average molecular weight is 373 g/mol. The van der Waals surface area contributed by atoms with Crippen LogP contribution in [0.25, 0.3) is 10.9 Å².